The van der Waals surface area contributed by atoms with Crippen molar-refractivity contribution in [1.82, 2.24) is 0 Å². The van der Waals surface area contributed by atoms with Gasteiger partial charge in [0.25, 0.3) is 0 Å². The van der Waals surface area contributed by atoms with Gasteiger partial charge in [-0.2, -0.15) is 0 Å². The largest absolute Gasteiger partial charge is 0.356 e. The Morgan fingerprint density at radius 3 is 2.57 bits per heavy atom. The molecule has 0 aromatic heterocycles. The summed E-state index contributed by atoms with van der Waals surface area (Å²) < 4.78 is 10.7. The van der Waals surface area contributed by atoms with Gasteiger partial charge in [0.15, 0.2) is 6.29 Å². The average Bonchev–Trinajstić information content (AvgIpc) is 2.52. The zero-order valence-electron chi connectivity index (χ0n) is 12.8. The number of carbonyl (C=O) groups is 1. The lowest BCUT2D eigenvalue weighted by atomic mass is 9.85. The Morgan fingerprint density at radius 2 is 1.95 bits per heavy atom. The van der Waals surface area contributed by atoms with Crippen LogP contribution in [0.15, 0.2) is 35.2 Å². The fourth-order valence-corrected chi connectivity index (χ4v) is 4.21. The second-order valence-electron chi connectivity index (χ2n) is 5.50. The van der Waals surface area contributed by atoms with Crippen LogP contribution >= 0.6 is 11.8 Å². The number of carbonyl (C=O) groups excluding carboxylic acids is 1. The number of hydrogen-bond acceptors (Lipinski definition) is 4. The van der Waals surface area contributed by atoms with Crippen LogP contribution in [0.1, 0.15) is 32.1 Å². The Morgan fingerprint density at radius 1 is 1.24 bits per heavy atom. The lowest BCUT2D eigenvalue weighted by Crippen LogP contribution is -2.29. The third-order valence-corrected chi connectivity index (χ3v) is 5.45. The third-order valence-electron chi connectivity index (χ3n) is 4.03. The number of rotatable bonds is 7. The fourth-order valence-electron chi connectivity index (χ4n) is 2.86. The van der Waals surface area contributed by atoms with E-state index < -0.39 is 0 Å². The van der Waals surface area contributed by atoms with E-state index in [2.05, 4.69) is 24.3 Å². The number of Topliss-reactive ketones (excluding diaryl/α,β-unsaturated/α-hetero) is 1. The quantitative estimate of drug-likeness (QED) is 0.565. The first-order valence-corrected chi connectivity index (χ1v) is 8.40. The first kappa shape index (κ1) is 16.5. The molecule has 116 valence electrons. The normalized spacial score (nSPS) is 20.7. The first-order chi connectivity index (χ1) is 10.2. The van der Waals surface area contributed by atoms with Crippen LogP contribution in [-0.2, 0) is 14.3 Å². The Hall–Kier alpha value is -0.840. The fraction of sp³-hybridized carbons (Fsp3) is 0.588. The van der Waals surface area contributed by atoms with Crippen molar-refractivity contribution in [2.75, 3.05) is 14.2 Å². The average molecular weight is 308 g/mol. The van der Waals surface area contributed by atoms with Gasteiger partial charge in [-0.3, -0.25) is 4.79 Å². The molecule has 0 spiro atoms. The van der Waals surface area contributed by atoms with Gasteiger partial charge in [-0.15, -0.1) is 11.8 Å². The second-order valence-corrected chi connectivity index (χ2v) is 6.81. The lowest BCUT2D eigenvalue weighted by Gasteiger charge is -2.31. The maximum atomic E-state index is 11.8. The maximum Gasteiger partial charge on any atom is 0.157 e. The molecule has 2 rings (SSSR count). The van der Waals surface area contributed by atoms with Crippen LogP contribution in [0.5, 0.6) is 0 Å². The van der Waals surface area contributed by atoms with Gasteiger partial charge < -0.3 is 9.47 Å². The molecule has 0 N–H and O–H groups in total. The summed E-state index contributed by atoms with van der Waals surface area (Å²) in [4.78, 5) is 13.0. The minimum atomic E-state index is -0.205. The SMILES string of the molecule is COC(CC(Sc1ccccc1)C1CCCC(=O)C1)OC. The van der Waals surface area contributed by atoms with E-state index >= 15 is 0 Å². The molecule has 1 aromatic carbocycles. The number of thioether (sulfide) groups is 1. The molecule has 3 nitrogen and oxygen atoms in total. The van der Waals surface area contributed by atoms with Crippen molar-refractivity contribution in [3.05, 3.63) is 30.3 Å². The highest BCUT2D eigenvalue weighted by molar-refractivity contribution is 8.00. The van der Waals surface area contributed by atoms with E-state index in [9.17, 15) is 4.79 Å². The van der Waals surface area contributed by atoms with Crippen molar-refractivity contribution < 1.29 is 14.3 Å². The van der Waals surface area contributed by atoms with Crippen LogP contribution in [0.4, 0.5) is 0 Å². The van der Waals surface area contributed by atoms with Crippen LogP contribution in [0.2, 0.25) is 0 Å². The van der Waals surface area contributed by atoms with E-state index in [4.69, 9.17) is 9.47 Å². The summed E-state index contributed by atoms with van der Waals surface area (Å²) in [7, 11) is 3.34. The number of benzene rings is 1. The first-order valence-electron chi connectivity index (χ1n) is 7.52. The molecule has 0 saturated heterocycles. The molecular formula is C17H24O3S. The number of hydrogen-bond donors (Lipinski definition) is 0. The second kappa shape index (κ2) is 8.57. The maximum absolute atomic E-state index is 11.8. The summed E-state index contributed by atoms with van der Waals surface area (Å²) in [5, 5.41) is 0.349. The molecule has 21 heavy (non-hydrogen) atoms. The molecule has 1 fully saturated rings. The van der Waals surface area contributed by atoms with Crippen LogP contribution in [0, 0.1) is 5.92 Å². The Kier molecular flexibility index (Phi) is 6.74. The molecule has 2 unspecified atom stereocenters. The standard InChI is InChI=1S/C17H24O3S/c1-19-17(20-2)12-16(13-7-6-8-14(18)11-13)21-15-9-4-3-5-10-15/h3-5,9-10,13,16-17H,6-8,11-12H2,1-2H3. The van der Waals surface area contributed by atoms with E-state index in [0.29, 0.717) is 23.4 Å². The summed E-state index contributed by atoms with van der Waals surface area (Å²) in [6, 6.07) is 10.4. The molecule has 0 bridgehead atoms. The van der Waals surface area contributed by atoms with Gasteiger partial charge in [-0.25, -0.2) is 0 Å². The van der Waals surface area contributed by atoms with E-state index in [0.717, 1.165) is 25.7 Å². The molecule has 1 saturated carbocycles. The van der Waals surface area contributed by atoms with Gasteiger partial charge in [-0.05, 0) is 30.9 Å². The van der Waals surface area contributed by atoms with Crippen molar-refractivity contribution in [1.29, 1.82) is 0 Å². The molecule has 0 amide bonds. The molecule has 0 radical (unpaired) electrons. The predicted molar refractivity (Wildman–Crippen MR) is 85.5 cm³/mol. The van der Waals surface area contributed by atoms with Gasteiger partial charge in [0.1, 0.15) is 5.78 Å². The number of ketones is 1. The highest BCUT2D eigenvalue weighted by atomic mass is 32.2. The van der Waals surface area contributed by atoms with Gasteiger partial charge in [0, 0.05) is 43.6 Å². The van der Waals surface area contributed by atoms with Crippen molar-refractivity contribution >= 4 is 17.5 Å². The van der Waals surface area contributed by atoms with Crippen LogP contribution in [0.25, 0.3) is 0 Å². The van der Waals surface area contributed by atoms with E-state index in [1.54, 1.807) is 14.2 Å². The van der Waals surface area contributed by atoms with E-state index in [1.807, 2.05) is 17.8 Å². The van der Waals surface area contributed by atoms with E-state index in [1.165, 1.54) is 4.90 Å². The summed E-state index contributed by atoms with van der Waals surface area (Å²) in [6.07, 6.45) is 4.19. The van der Waals surface area contributed by atoms with Gasteiger partial charge in [-0.1, -0.05) is 18.2 Å². The minimum Gasteiger partial charge on any atom is -0.356 e. The van der Waals surface area contributed by atoms with Crippen molar-refractivity contribution in [2.45, 2.75) is 48.5 Å². The van der Waals surface area contributed by atoms with E-state index in [-0.39, 0.29) is 6.29 Å². The molecule has 1 aliphatic carbocycles. The van der Waals surface area contributed by atoms with Crippen molar-refractivity contribution in [3.63, 3.8) is 0 Å². The highest BCUT2D eigenvalue weighted by Gasteiger charge is 2.30. The molecule has 4 heteroatoms. The molecule has 0 heterocycles. The highest BCUT2D eigenvalue weighted by Crippen LogP contribution is 2.37. The summed E-state index contributed by atoms with van der Waals surface area (Å²) >= 11 is 1.84. The Bertz CT molecular complexity index is 431. The topological polar surface area (TPSA) is 35.5 Å². The molecule has 0 aliphatic heterocycles. The van der Waals surface area contributed by atoms with Crippen LogP contribution < -0.4 is 0 Å². The zero-order valence-corrected chi connectivity index (χ0v) is 13.6. The molecule has 2 atom stereocenters. The van der Waals surface area contributed by atoms with Gasteiger partial charge >= 0.3 is 0 Å². The Labute approximate surface area is 131 Å². The molecular weight excluding hydrogens is 284 g/mol. The lowest BCUT2D eigenvalue weighted by molar-refractivity contribution is -0.123. The monoisotopic (exact) mass is 308 g/mol. The molecule has 1 aliphatic rings. The smallest absolute Gasteiger partial charge is 0.157 e. The number of methoxy groups -OCH3 is 2. The van der Waals surface area contributed by atoms with Gasteiger partial charge in [0.2, 0.25) is 0 Å². The summed E-state index contributed by atoms with van der Waals surface area (Å²) in [5.74, 6) is 0.820. The van der Waals surface area contributed by atoms with Crippen molar-refractivity contribution in [3.8, 4) is 0 Å². The van der Waals surface area contributed by atoms with Crippen molar-refractivity contribution in [2.24, 2.45) is 5.92 Å². The van der Waals surface area contributed by atoms with Crippen LogP contribution in [-0.4, -0.2) is 31.5 Å². The minimum absolute atomic E-state index is 0.205. The Balaban J connectivity index is 2.07. The van der Waals surface area contributed by atoms with Gasteiger partial charge in [0.05, 0.1) is 0 Å². The predicted octanol–water partition coefficient (Wildman–Crippen LogP) is 3.92. The molecule has 1 aromatic rings. The summed E-state index contributed by atoms with van der Waals surface area (Å²) in [5.41, 5.74) is 0. The zero-order chi connectivity index (χ0) is 15.1. The third kappa shape index (κ3) is 5.13. The summed E-state index contributed by atoms with van der Waals surface area (Å²) in [6.45, 7) is 0. The number of ether oxygens (including phenoxy) is 2. The van der Waals surface area contributed by atoms with Crippen LogP contribution in [0.3, 0.4) is 0 Å².